The van der Waals surface area contributed by atoms with Gasteiger partial charge in [0, 0.05) is 16.6 Å². The number of H-pyrrole nitrogens is 1. The molecule has 1 aromatic carbocycles. The van der Waals surface area contributed by atoms with E-state index in [9.17, 15) is 4.79 Å². The van der Waals surface area contributed by atoms with Gasteiger partial charge in [0.25, 0.3) is 0 Å². The zero-order valence-electron chi connectivity index (χ0n) is 13.0. The van der Waals surface area contributed by atoms with Crippen molar-refractivity contribution < 1.29 is 14.6 Å². The molecule has 0 unspecified atom stereocenters. The lowest BCUT2D eigenvalue weighted by atomic mass is 10.1. The number of hydrogen-bond donors (Lipinski definition) is 3. The van der Waals surface area contributed by atoms with E-state index in [0.717, 1.165) is 35.2 Å². The molecule has 0 saturated carbocycles. The van der Waals surface area contributed by atoms with Crippen LogP contribution in [0.2, 0.25) is 0 Å². The average Bonchev–Trinajstić information content (AvgIpc) is 2.83. The first-order valence-corrected chi connectivity index (χ1v) is 7.96. The van der Waals surface area contributed by atoms with E-state index in [-0.39, 0.29) is 5.78 Å². The second kappa shape index (κ2) is 6.00. The van der Waals surface area contributed by atoms with Gasteiger partial charge in [-0.05, 0) is 19.9 Å². The van der Waals surface area contributed by atoms with Gasteiger partial charge in [0.1, 0.15) is 32.7 Å². The molecule has 4 heteroatoms. The van der Waals surface area contributed by atoms with E-state index in [1.54, 1.807) is 4.90 Å². The molecule has 0 bridgehead atoms. The van der Waals surface area contributed by atoms with Gasteiger partial charge in [0.2, 0.25) is 5.78 Å². The fourth-order valence-corrected chi connectivity index (χ4v) is 3.44. The summed E-state index contributed by atoms with van der Waals surface area (Å²) in [5.41, 5.74) is 2.95. The first-order valence-electron chi connectivity index (χ1n) is 7.96. The van der Waals surface area contributed by atoms with Gasteiger partial charge < -0.3 is 14.8 Å². The molecule has 1 fully saturated rings. The van der Waals surface area contributed by atoms with Gasteiger partial charge >= 0.3 is 0 Å². The number of aromatic amines is 1. The first kappa shape index (κ1) is 14.3. The third-order valence-corrected chi connectivity index (χ3v) is 4.75. The van der Waals surface area contributed by atoms with Crippen LogP contribution in [0.1, 0.15) is 23.0 Å². The number of hydrogen-bond acceptors (Lipinski definition) is 1. The summed E-state index contributed by atoms with van der Waals surface area (Å²) >= 11 is 0. The molecule has 21 heavy (non-hydrogen) atoms. The van der Waals surface area contributed by atoms with Gasteiger partial charge in [-0.15, -0.1) is 0 Å². The molecule has 1 aliphatic heterocycles. The summed E-state index contributed by atoms with van der Waals surface area (Å²) in [6, 6.07) is 8.09. The number of fused-ring (bicyclic) bond motifs is 1. The third-order valence-electron chi connectivity index (χ3n) is 4.75. The number of ketones is 1. The number of aromatic nitrogens is 1. The number of carbonyl (C=O) groups is 1. The number of benzene rings is 1. The van der Waals surface area contributed by atoms with Crippen LogP contribution in [0.15, 0.2) is 24.3 Å². The summed E-state index contributed by atoms with van der Waals surface area (Å²) in [5, 5.41) is 1.07. The molecular formula is C17H25N3O+2. The lowest BCUT2D eigenvalue weighted by molar-refractivity contribution is -1.01. The molecule has 0 atom stereocenters. The van der Waals surface area contributed by atoms with Crippen LogP contribution < -0.4 is 9.80 Å². The van der Waals surface area contributed by atoms with Crippen LogP contribution in [0, 0.1) is 6.92 Å². The number of likely N-dealkylation sites (N-methyl/N-ethyl adjacent to an activating group) is 1. The highest BCUT2D eigenvalue weighted by atomic mass is 16.1. The van der Waals surface area contributed by atoms with E-state index in [2.05, 4.69) is 11.9 Å². The average molecular weight is 287 g/mol. The molecule has 2 aromatic rings. The van der Waals surface area contributed by atoms with Crippen molar-refractivity contribution in [2.45, 2.75) is 13.8 Å². The maximum absolute atomic E-state index is 12.7. The number of para-hydroxylation sites is 1. The van der Waals surface area contributed by atoms with Gasteiger partial charge in [-0.3, -0.25) is 4.79 Å². The Balaban J connectivity index is 1.74. The minimum atomic E-state index is 0.278. The molecule has 2 heterocycles. The van der Waals surface area contributed by atoms with Crippen molar-refractivity contribution in [3.05, 3.63) is 35.5 Å². The van der Waals surface area contributed by atoms with Crippen molar-refractivity contribution >= 4 is 16.7 Å². The summed E-state index contributed by atoms with van der Waals surface area (Å²) in [4.78, 5) is 19.1. The summed E-state index contributed by atoms with van der Waals surface area (Å²) < 4.78 is 0. The second-order valence-electron chi connectivity index (χ2n) is 6.12. The van der Waals surface area contributed by atoms with E-state index in [1.807, 2.05) is 31.2 Å². The summed E-state index contributed by atoms with van der Waals surface area (Å²) in [6.07, 6.45) is 0. The number of quaternary nitrogens is 2. The Morgan fingerprint density at radius 1 is 1.14 bits per heavy atom. The SMILES string of the molecule is CC[NH+]1CC[NH+](CC(=O)c2c(C)[nH]c3ccccc23)CC1. The van der Waals surface area contributed by atoms with Crippen LogP contribution in [0.3, 0.4) is 0 Å². The normalized spacial score (nSPS) is 22.6. The van der Waals surface area contributed by atoms with Crippen LogP contribution in [0.4, 0.5) is 0 Å². The highest BCUT2D eigenvalue weighted by Gasteiger charge is 2.26. The zero-order chi connectivity index (χ0) is 14.8. The minimum Gasteiger partial charge on any atom is -0.358 e. The van der Waals surface area contributed by atoms with Gasteiger partial charge in [-0.2, -0.15) is 0 Å². The van der Waals surface area contributed by atoms with Crippen molar-refractivity contribution in [2.24, 2.45) is 0 Å². The largest absolute Gasteiger partial charge is 0.358 e. The van der Waals surface area contributed by atoms with Crippen molar-refractivity contribution in [1.82, 2.24) is 4.98 Å². The Labute approximate surface area is 125 Å². The summed E-state index contributed by atoms with van der Waals surface area (Å²) in [7, 11) is 0. The molecule has 0 spiro atoms. The fourth-order valence-electron chi connectivity index (χ4n) is 3.44. The standard InChI is InChI=1S/C17H23N3O/c1-3-19-8-10-20(11-9-19)12-16(21)17-13(2)18-15-7-5-4-6-14(15)17/h4-7,18H,3,8-12H2,1-2H3/p+2. The van der Waals surface area contributed by atoms with Crippen molar-refractivity contribution in [3.63, 3.8) is 0 Å². The molecule has 3 rings (SSSR count). The lowest BCUT2D eigenvalue weighted by Gasteiger charge is -2.28. The summed E-state index contributed by atoms with van der Waals surface area (Å²) in [6.45, 7) is 10.6. The monoisotopic (exact) mass is 287 g/mol. The Bertz CT molecular complexity index is 639. The zero-order valence-corrected chi connectivity index (χ0v) is 13.0. The van der Waals surface area contributed by atoms with Crippen molar-refractivity contribution in [1.29, 1.82) is 0 Å². The third kappa shape index (κ3) is 2.87. The smallest absolute Gasteiger partial charge is 0.219 e. The van der Waals surface area contributed by atoms with Gasteiger partial charge in [0.05, 0.1) is 12.1 Å². The van der Waals surface area contributed by atoms with Crippen LogP contribution in [0.5, 0.6) is 0 Å². The predicted molar refractivity (Wildman–Crippen MR) is 84.2 cm³/mol. The van der Waals surface area contributed by atoms with Gasteiger partial charge in [-0.1, -0.05) is 18.2 Å². The maximum atomic E-state index is 12.7. The number of nitrogens with one attached hydrogen (secondary N) is 3. The number of carbonyl (C=O) groups excluding carboxylic acids is 1. The number of rotatable bonds is 4. The number of piperazine rings is 1. The van der Waals surface area contributed by atoms with E-state index >= 15 is 0 Å². The van der Waals surface area contributed by atoms with Crippen molar-refractivity contribution in [3.8, 4) is 0 Å². The molecule has 3 N–H and O–H groups in total. The molecule has 1 aliphatic rings. The Morgan fingerprint density at radius 3 is 2.52 bits per heavy atom. The summed E-state index contributed by atoms with van der Waals surface area (Å²) in [5.74, 6) is 0.278. The first-order chi connectivity index (χ1) is 10.2. The van der Waals surface area contributed by atoms with Crippen LogP contribution in [-0.4, -0.2) is 50.0 Å². The molecule has 0 radical (unpaired) electrons. The van der Waals surface area contributed by atoms with Crippen molar-refractivity contribution in [2.75, 3.05) is 39.3 Å². The van der Waals surface area contributed by atoms with E-state index in [1.165, 1.54) is 24.5 Å². The maximum Gasteiger partial charge on any atom is 0.219 e. The topological polar surface area (TPSA) is 41.7 Å². The van der Waals surface area contributed by atoms with Crippen LogP contribution >= 0.6 is 0 Å². The highest BCUT2D eigenvalue weighted by Crippen LogP contribution is 2.21. The molecule has 4 nitrogen and oxygen atoms in total. The Kier molecular flexibility index (Phi) is 4.08. The molecule has 1 saturated heterocycles. The quantitative estimate of drug-likeness (QED) is 0.650. The molecule has 1 aromatic heterocycles. The van der Waals surface area contributed by atoms with E-state index in [4.69, 9.17) is 0 Å². The Morgan fingerprint density at radius 2 is 1.81 bits per heavy atom. The lowest BCUT2D eigenvalue weighted by Crippen LogP contribution is -3.28. The highest BCUT2D eigenvalue weighted by molar-refractivity contribution is 6.09. The number of Topliss-reactive ketones (excluding diaryl/α,β-unsaturated/α-hetero) is 1. The molecule has 0 amide bonds. The van der Waals surface area contributed by atoms with E-state index in [0.29, 0.717) is 6.54 Å². The molecular weight excluding hydrogens is 262 g/mol. The molecule has 0 aliphatic carbocycles. The van der Waals surface area contributed by atoms with Gasteiger partial charge in [-0.25, -0.2) is 0 Å². The minimum absolute atomic E-state index is 0.278. The second-order valence-corrected chi connectivity index (χ2v) is 6.12. The van der Waals surface area contributed by atoms with Gasteiger partial charge in [0.15, 0.2) is 0 Å². The molecule has 112 valence electrons. The number of aryl methyl sites for hydroxylation is 1. The van der Waals surface area contributed by atoms with Crippen LogP contribution in [-0.2, 0) is 0 Å². The van der Waals surface area contributed by atoms with E-state index < -0.39 is 0 Å². The fraction of sp³-hybridized carbons (Fsp3) is 0.471. The van der Waals surface area contributed by atoms with Crippen LogP contribution in [0.25, 0.3) is 10.9 Å². The predicted octanol–water partition coefficient (Wildman–Crippen LogP) is -0.538. The Hall–Kier alpha value is -1.65.